The SMILES string of the molecule is Cc1ccc(Sc2ccc(S(=O)c3ccc(Sc4ccc(C)cc4C)cc3)cc2)c(C)c1. The zero-order chi connectivity index (χ0) is 22.7. The third-order valence-corrected chi connectivity index (χ3v) is 8.96. The van der Waals surface area contributed by atoms with E-state index in [9.17, 15) is 4.21 Å². The van der Waals surface area contributed by atoms with Crippen LogP contribution < -0.4 is 0 Å². The quantitative estimate of drug-likeness (QED) is 0.279. The van der Waals surface area contributed by atoms with E-state index in [4.69, 9.17) is 0 Å². The van der Waals surface area contributed by atoms with Gasteiger partial charge in [0.2, 0.25) is 0 Å². The summed E-state index contributed by atoms with van der Waals surface area (Å²) in [6, 6.07) is 29.1. The van der Waals surface area contributed by atoms with Crippen molar-refractivity contribution < 1.29 is 4.21 Å². The fraction of sp³-hybridized carbons (Fsp3) is 0.143. The van der Waals surface area contributed by atoms with Crippen LogP contribution in [0.15, 0.2) is 114 Å². The molecular weight excluding hydrogens is 449 g/mol. The van der Waals surface area contributed by atoms with Gasteiger partial charge in [0.1, 0.15) is 0 Å². The Morgan fingerprint density at radius 3 is 1.25 bits per heavy atom. The third-order valence-electron chi connectivity index (χ3n) is 5.19. The predicted molar refractivity (Wildman–Crippen MR) is 138 cm³/mol. The van der Waals surface area contributed by atoms with Gasteiger partial charge in [0, 0.05) is 29.4 Å². The Hall–Kier alpha value is -2.27. The first kappa shape index (κ1) is 22.9. The molecule has 0 amide bonds. The zero-order valence-electron chi connectivity index (χ0n) is 18.7. The van der Waals surface area contributed by atoms with Gasteiger partial charge in [0.05, 0.1) is 10.8 Å². The minimum Gasteiger partial charge on any atom is -0.249 e. The van der Waals surface area contributed by atoms with Crippen LogP contribution in [0.2, 0.25) is 0 Å². The fourth-order valence-electron chi connectivity index (χ4n) is 3.48. The maximum absolute atomic E-state index is 13.1. The van der Waals surface area contributed by atoms with E-state index >= 15 is 0 Å². The molecule has 4 heteroatoms. The molecule has 0 aliphatic rings. The molecule has 0 unspecified atom stereocenters. The molecule has 0 fully saturated rings. The maximum Gasteiger partial charge on any atom is 0.0849 e. The third kappa shape index (κ3) is 5.55. The van der Waals surface area contributed by atoms with Gasteiger partial charge in [-0.1, -0.05) is 58.9 Å². The number of hydrogen-bond acceptors (Lipinski definition) is 3. The summed E-state index contributed by atoms with van der Waals surface area (Å²) in [5.74, 6) is 0. The van der Waals surface area contributed by atoms with Crippen molar-refractivity contribution in [2.45, 2.75) is 57.1 Å². The molecule has 0 aliphatic heterocycles. The van der Waals surface area contributed by atoms with Crippen LogP contribution in [0.4, 0.5) is 0 Å². The van der Waals surface area contributed by atoms with Crippen molar-refractivity contribution in [2.75, 3.05) is 0 Å². The molecule has 0 atom stereocenters. The van der Waals surface area contributed by atoms with E-state index in [1.165, 1.54) is 32.0 Å². The van der Waals surface area contributed by atoms with Gasteiger partial charge in [-0.15, -0.1) is 0 Å². The van der Waals surface area contributed by atoms with Gasteiger partial charge in [0.25, 0.3) is 0 Å². The first-order valence-electron chi connectivity index (χ1n) is 10.5. The summed E-state index contributed by atoms with van der Waals surface area (Å²) in [5.41, 5.74) is 5.11. The van der Waals surface area contributed by atoms with Crippen LogP contribution in [-0.4, -0.2) is 4.21 Å². The minimum absolute atomic E-state index is 0.824. The summed E-state index contributed by atoms with van der Waals surface area (Å²) < 4.78 is 13.1. The smallest absolute Gasteiger partial charge is 0.0849 e. The van der Waals surface area contributed by atoms with Crippen molar-refractivity contribution in [2.24, 2.45) is 0 Å². The van der Waals surface area contributed by atoms with Crippen LogP contribution in [0, 0.1) is 27.7 Å². The van der Waals surface area contributed by atoms with Gasteiger partial charge in [-0.05, 0) is 99.5 Å². The largest absolute Gasteiger partial charge is 0.249 e. The van der Waals surface area contributed by atoms with E-state index in [1.54, 1.807) is 23.5 Å². The average molecular weight is 475 g/mol. The highest BCUT2D eigenvalue weighted by Gasteiger charge is 2.09. The Morgan fingerprint density at radius 1 is 0.531 bits per heavy atom. The Balaban J connectivity index is 1.44. The molecule has 32 heavy (non-hydrogen) atoms. The number of rotatable bonds is 6. The highest BCUT2D eigenvalue weighted by atomic mass is 32.2. The van der Waals surface area contributed by atoms with E-state index in [-0.39, 0.29) is 0 Å². The molecule has 0 spiro atoms. The summed E-state index contributed by atoms with van der Waals surface area (Å²) in [4.78, 5) is 6.45. The summed E-state index contributed by atoms with van der Waals surface area (Å²) in [6.45, 7) is 8.50. The molecule has 0 saturated heterocycles. The van der Waals surface area contributed by atoms with Crippen molar-refractivity contribution in [3.8, 4) is 0 Å². The summed E-state index contributed by atoms with van der Waals surface area (Å²) in [7, 11) is -1.19. The molecule has 0 heterocycles. The van der Waals surface area contributed by atoms with Crippen LogP contribution in [0.25, 0.3) is 0 Å². The van der Waals surface area contributed by atoms with E-state index < -0.39 is 10.8 Å². The molecule has 4 aromatic carbocycles. The zero-order valence-corrected chi connectivity index (χ0v) is 21.2. The molecule has 4 aromatic rings. The van der Waals surface area contributed by atoms with Gasteiger partial charge in [-0.3, -0.25) is 0 Å². The van der Waals surface area contributed by atoms with Crippen LogP contribution in [-0.2, 0) is 10.8 Å². The molecule has 0 bridgehead atoms. The second-order valence-corrected chi connectivity index (χ2v) is 11.7. The molecule has 0 aliphatic carbocycles. The minimum atomic E-state index is -1.19. The highest BCUT2D eigenvalue weighted by molar-refractivity contribution is 7.99. The lowest BCUT2D eigenvalue weighted by atomic mass is 10.2. The number of aryl methyl sites for hydroxylation is 4. The normalized spacial score (nSPS) is 11.2. The van der Waals surface area contributed by atoms with Gasteiger partial charge in [-0.25, -0.2) is 4.21 Å². The topological polar surface area (TPSA) is 17.1 Å². The Morgan fingerprint density at radius 2 is 0.906 bits per heavy atom. The van der Waals surface area contributed by atoms with Crippen LogP contribution in [0.3, 0.4) is 0 Å². The fourth-order valence-corrected chi connectivity index (χ4v) is 6.28. The van der Waals surface area contributed by atoms with Gasteiger partial charge in [-0.2, -0.15) is 0 Å². The number of hydrogen-bond donors (Lipinski definition) is 0. The maximum atomic E-state index is 13.1. The van der Waals surface area contributed by atoms with Crippen molar-refractivity contribution in [3.63, 3.8) is 0 Å². The van der Waals surface area contributed by atoms with Crippen molar-refractivity contribution in [1.82, 2.24) is 0 Å². The first-order valence-corrected chi connectivity index (χ1v) is 13.3. The van der Waals surface area contributed by atoms with Gasteiger partial charge < -0.3 is 0 Å². The van der Waals surface area contributed by atoms with E-state index in [0.717, 1.165) is 19.6 Å². The van der Waals surface area contributed by atoms with Crippen molar-refractivity contribution in [1.29, 1.82) is 0 Å². The lowest BCUT2D eigenvalue weighted by Crippen LogP contribution is -1.93. The predicted octanol–water partition coefficient (Wildman–Crippen LogP) is 8.39. The van der Waals surface area contributed by atoms with Crippen LogP contribution in [0.1, 0.15) is 22.3 Å². The average Bonchev–Trinajstić information content (AvgIpc) is 2.78. The Bertz CT molecular complexity index is 1160. The number of benzene rings is 4. The molecule has 4 rings (SSSR count). The second-order valence-electron chi connectivity index (χ2n) is 7.95. The van der Waals surface area contributed by atoms with Crippen LogP contribution in [0.5, 0.6) is 0 Å². The summed E-state index contributed by atoms with van der Waals surface area (Å²) >= 11 is 3.48. The lowest BCUT2D eigenvalue weighted by molar-refractivity contribution is 0.683. The molecule has 0 saturated carbocycles. The molecular formula is C28H26OS3. The highest BCUT2D eigenvalue weighted by Crippen LogP contribution is 2.33. The van der Waals surface area contributed by atoms with Crippen molar-refractivity contribution in [3.05, 3.63) is 107 Å². The van der Waals surface area contributed by atoms with E-state index in [2.05, 4.69) is 88.4 Å². The summed E-state index contributed by atoms with van der Waals surface area (Å²) in [5, 5.41) is 0. The molecule has 0 radical (unpaired) electrons. The molecule has 162 valence electrons. The van der Waals surface area contributed by atoms with E-state index in [1.807, 2.05) is 24.3 Å². The molecule has 1 nitrogen and oxygen atoms in total. The monoisotopic (exact) mass is 474 g/mol. The summed E-state index contributed by atoms with van der Waals surface area (Å²) in [6.07, 6.45) is 0. The first-order chi connectivity index (χ1) is 15.4. The molecule has 0 aromatic heterocycles. The molecule has 0 N–H and O–H groups in total. The van der Waals surface area contributed by atoms with Crippen molar-refractivity contribution >= 4 is 34.3 Å². The van der Waals surface area contributed by atoms with Crippen LogP contribution >= 0.6 is 23.5 Å². The Kier molecular flexibility index (Phi) is 7.24. The Labute approximate surface area is 202 Å². The lowest BCUT2D eigenvalue weighted by Gasteiger charge is -2.09. The second kappa shape index (κ2) is 10.1. The van der Waals surface area contributed by atoms with E-state index in [0.29, 0.717) is 0 Å². The standard InChI is InChI=1S/C28H26OS3/c1-19-5-15-27(21(3)17-19)30-23-7-11-25(12-8-23)32(29)26-13-9-24(10-14-26)31-28-16-6-20(2)18-22(28)4/h5-18H,1-4H3. The van der Waals surface area contributed by atoms with Gasteiger partial charge >= 0.3 is 0 Å². The van der Waals surface area contributed by atoms with Gasteiger partial charge in [0.15, 0.2) is 0 Å².